The van der Waals surface area contributed by atoms with Gasteiger partial charge in [0, 0.05) is 12.6 Å². The van der Waals surface area contributed by atoms with Crippen LogP contribution in [0, 0.1) is 0 Å². The van der Waals surface area contributed by atoms with Gasteiger partial charge >= 0.3 is 0 Å². The number of hydrogen-bond donors (Lipinski definition) is 1. The molecule has 0 fully saturated rings. The Morgan fingerprint density at radius 1 is 1.11 bits per heavy atom. The first-order chi connectivity index (χ1) is 9.24. The molecule has 4 nitrogen and oxygen atoms in total. The lowest BCUT2D eigenvalue weighted by molar-refractivity contribution is 0.0962. The fourth-order valence-electron chi connectivity index (χ4n) is 1.62. The smallest absolute Gasteiger partial charge is 0.251 e. The summed E-state index contributed by atoms with van der Waals surface area (Å²) in [5.41, 5.74) is 1.04. The van der Waals surface area contributed by atoms with Gasteiger partial charge in [-0.25, -0.2) is 0 Å². The Kier molecular flexibility index (Phi) is 3.93. The van der Waals surface area contributed by atoms with Crippen molar-refractivity contribution in [1.82, 2.24) is 5.32 Å². The van der Waals surface area contributed by atoms with Crippen LogP contribution in [-0.4, -0.2) is 19.2 Å². The van der Waals surface area contributed by atoms with E-state index in [4.69, 9.17) is 4.74 Å². The zero-order valence-electron chi connectivity index (χ0n) is 10.4. The third-order valence-corrected chi connectivity index (χ3v) is 2.62. The minimum Gasteiger partial charge on any atom is -0.457 e. The minimum atomic E-state index is -0.153. The molecule has 0 heterocycles. The van der Waals surface area contributed by atoms with Gasteiger partial charge in [0.05, 0.1) is 5.56 Å². The Hall–Kier alpha value is -2.62. The zero-order valence-corrected chi connectivity index (χ0v) is 10.4. The number of benzene rings is 2. The molecule has 0 aliphatic rings. The van der Waals surface area contributed by atoms with Crippen molar-refractivity contribution >= 4 is 12.2 Å². The highest BCUT2D eigenvalue weighted by Gasteiger charge is 2.05. The number of amides is 1. The van der Waals surface area contributed by atoms with Gasteiger partial charge in [0.2, 0.25) is 0 Å². The van der Waals surface area contributed by atoms with Gasteiger partial charge in [0.25, 0.3) is 5.91 Å². The molecule has 2 rings (SSSR count). The van der Waals surface area contributed by atoms with Crippen LogP contribution in [-0.2, 0) is 0 Å². The summed E-state index contributed by atoms with van der Waals surface area (Å²) in [6.45, 7) is 0. The standard InChI is InChI=1S/C15H13NO3/c1-16-15(18)11-6-8-13(9-7-11)19-14-5-3-2-4-12(14)10-17/h2-10H,1H3,(H,16,18). The molecular formula is C15H13NO3. The number of aldehydes is 1. The number of carbonyl (C=O) groups is 2. The molecule has 1 N–H and O–H groups in total. The second kappa shape index (κ2) is 5.82. The normalized spacial score (nSPS) is 9.74. The predicted molar refractivity (Wildman–Crippen MR) is 71.7 cm³/mol. The lowest BCUT2D eigenvalue weighted by Crippen LogP contribution is -2.17. The molecule has 0 saturated carbocycles. The number of carbonyl (C=O) groups excluding carboxylic acids is 2. The molecule has 0 spiro atoms. The number of para-hydroxylation sites is 1. The Bertz CT molecular complexity index is 591. The van der Waals surface area contributed by atoms with Crippen molar-refractivity contribution in [3.05, 3.63) is 59.7 Å². The summed E-state index contributed by atoms with van der Waals surface area (Å²) in [5, 5.41) is 2.54. The summed E-state index contributed by atoms with van der Waals surface area (Å²) < 4.78 is 5.61. The van der Waals surface area contributed by atoms with Crippen LogP contribution >= 0.6 is 0 Å². The molecule has 0 saturated heterocycles. The van der Waals surface area contributed by atoms with Gasteiger partial charge in [0.1, 0.15) is 11.5 Å². The van der Waals surface area contributed by atoms with Crippen LogP contribution in [0.15, 0.2) is 48.5 Å². The molecule has 2 aromatic rings. The van der Waals surface area contributed by atoms with Gasteiger partial charge in [-0.05, 0) is 36.4 Å². The van der Waals surface area contributed by atoms with E-state index in [1.54, 1.807) is 55.6 Å². The SMILES string of the molecule is CNC(=O)c1ccc(Oc2ccccc2C=O)cc1. The molecule has 4 heteroatoms. The highest BCUT2D eigenvalue weighted by Crippen LogP contribution is 2.24. The maximum Gasteiger partial charge on any atom is 0.251 e. The fraction of sp³-hybridized carbons (Fsp3) is 0.0667. The molecule has 0 bridgehead atoms. The van der Waals surface area contributed by atoms with E-state index in [-0.39, 0.29) is 5.91 Å². The predicted octanol–water partition coefficient (Wildman–Crippen LogP) is 2.65. The molecule has 0 unspecified atom stereocenters. The van der Waals surface area contributed by atoms with Gasteiger partial charge < -0.3 is 10.1 Å². The summed E-state index contributed by atoms with van der Waals surface area (Å²) >= 11 is 0. The number of ether oxygens (including phenoxy) is 1. The van der Waals surface area contributed by atoms with Crippen molar-refractivity contribution in [2.75, 3.05) is 7.05 Å². The second-order valence-electron chi connectivity index (χ2n) is 3.86. The van der Waals surface area contributed by atoms with E-state index in [0.717, 1.165) is 6.29 Å². The molecule has 96 valence electrons. The monoisotopic (exact) mass is 255 g/mol. The average molecular weight is 255 g/mol. The van der Waals surface area contributed by atoms with Crippen LogP contribution in [0.2, 0.25) is 0 Å². The van der Waals surface area contributed by atoms with Gasteiger partial charge in [-0.1, -0.05) is 12.1 Å². The van der Waals surface area contributed by atoms with Gasteiger partial charge in [-0.15, -0.1) is 0 Å². The van der Waals surface area contributed by atoms with E-state index < -0.39 is 0 Å². The Balaban J connectivity index is 2.20. The Morgan fingerprint density at radius 2 is 1.79 bits per heavy atom. The summed E-state index contributed by atoms with van der Waals surface area (Å²) in [6, 6.07) is 13.7. The van der Waals surface area contributed by atoms with Gasteiger partial charge in [-0.3, -0.25) is 9.59 Å². The van der Waals surface area contributed by atoms with Crippen LogP contribution in [0.5, 0.6) is 11.5 Å². The van der Waals surface area contributed by atoms with Crippen molar-refractivity contribution in [3.63, 3.8) is 0 Å². The Labute approximate surface area is 111 Å². The first-order valence-corrected chi connectivity index (χ1v) is 5.79. The van der Waals surface area contributed by atoms with E-state index in [0.29, 0.717) is 22.6 Å². The zero-order chi connectivity index (χ0) is 13.7. The summed E-state index contributed by atoms with van der Waals surface area (Å²) in [5.74, 6) is 0.909. The van der Waals surface area contributed by atoms with E-state index >= 15 is 0 Å². The van der Waals surface area contributed by atoms with Crippen LogP contribution in [0.1, 0.15) is 20.7 Å². The second-order valence-corrected chi connectivity index (χ2v) is 3.86. The highest BCUT2D eigenvalue weighted by molar-refractivity contribution is 5.94. The van der Waals surface area contributed by atoms with Crippen molar-refractivity contribution in [2.45, 2.75) is 0 Å². The van der Waals surface area contributed by atoms with E-state index in [2.05, 4.69) is 5.32 Å². The minimum absolute atomic E-state index is 0.153. The first-order valence-electron chi connectivity index (χ1n) is 5.79. The number of hydrogen-bond acceptors (Lipinski definition) is 3. The maximum absolute atomic E-state index is 11.4. The maximum atomic E-state index is 11.4. The molecule has 19 heavy (non-hydrogen) atoms. The lowest BCUT2D eigenvalue weighted by Gasteiger charge is -2.08. The molecule has 0 aliphatic heterocycles. The molecule has 0 atom stereocenters. The summed E-state index contributed by atoms with van der Waals surface area (Å²) in [4.78, 5) is 22.3. The third kappa shape index (κ3) is 2.98. The number of nitrogens with one attached hydrogen (secondary N) is 1. The van der Waals surface area contributed by atoms with Crippen LogP contribution in [0.25, 0.3) is 0 Å². The lowest BCUT2D eigenvalue weighted by atomic mass is 10.2. The molecule has 0 aliphatic carbocycles. The average Bonchev–Trinajstić information content (AvgIpc) is 2.48. The molecule has 0 aromatic heterocycles. The van der Waals surface area contributed by atoms with Gasteiger partial charge in [-0.2, -0.15) is 0 Å². The van der Waals surface area contributed by atoms with Crippen molar-refractivity contribution in [1.29, 1.82) is 0 Å². The van der Waals surface area contributed by atoms with Crippen LogP contribution in [0.4, 0.5) is 0 Å². The first kappa shape index (κ1) is 12.8. The summed E-state index contributed by atoms with van der Waals surface area (Å²) in [7, 11) is 1.58. The van der Waals surface area contributed by atoms with Crippen molar-refractivity contribution in [3.8, 4) is 11.5 Å². The topological polar surface area (TPSA) is 55.4 Å². The van der Waals surface area contributed by atoms with Crippen LogP contribution in [0.3, 0.4) is 0 Å². The van der Waals surface area contributed by atoms with Crippen molar-refractivity contribution in [2.24, 2.45) is 0 Å². The van der Waals surface area contributed by atoms with E-state index in [1.807, 2.05) is 0 Å². The van der Waals surface area contributed by atoms with Gasteiger partial charge in [0.15, 0.2) is 6.29 Å². The van der Waals surface area contributed by atoms with Crippen LogP contribution < -0.4 is 10.1 Å². The largest absolute Gasteiger partial charge is 0.457 e. The molecular weight excluding hydrogens is 242 g/mol. The van der Waals surface area contributed by atoms with E-state index in [1.165, 1.54) is 0 Å². The quantitative estimate of drug-likeness (QED) is 0.854. The number of rotatable bonds is 4. The molecule has 2 aromatic carbocycles. The van der Waals surface area contributed by atoms with E-state index in [9.17, 15) is 9.59 Å². The fourth-order valence-corrected chi connectivity index (χ4v) is 1.62. The Morgan fingerprint density at radius 3 is 2.42 bits per heavy atom. The van der Waals surface area contributed by atoms with Crippen molar-refractivity contribution < 1.29 is 14.3 Å². The highest BCUT2D eigenvalue weighted by atomic mass is 16.5. The molecule has 0 radical (unpaired) electrons. The summed E-state index contributed by atoms with van der Waals surface area (Å²) in [6.07, 6.45) is 0.744. The molecule has 1 amide bonds. The third-order valence-electron chi connectivity index (χ3n) is 2.62.